The summed E-state index contributed by atoms with van der Waals surface area (Å²) in [5.74, 6) is 1.54. The van der Waals surface area contributed by atoms with Crippen LogP contribution < -0.4 is 4.74 Å². The summed E-state index contributed by atoms with van der Waals surface area (Å²) in [6.45, 7) is 4.05. The molecular weight excluding hydrogens is 188 g/mol. The quantitative estimate of drug-likeness (QED) is 0.820. The molecule has 2 heteroatoms. The lowest BCUT2D eigenvalue weighted by Gasteiger charge is -2.14. The minimum atomic E-state index is 0.0581. The Morgan fingerprint density at radius 3 is 2.67 bits per heavy atom. The van der Waals surface area contributed by atoms with Crippen molar-refractivity contribution in [2.45, 2.75) is 45.3 Å². The Kier molecular flexibility index (Phi) is 2.96. The van der Waals surface area contributed by atoms with Crippen molar-refractivity contribution < 1.29 is 9.84 Å². The number of rotatable bonds is 4. The first-order chi connectivity index (χ1) is 7.20. The lowest BCUT2D eigenvalue weighted by atomic mass is 10.1. The predicted molar refractivity (Wildman–Crippen MR) is 60.1 cm³/mol. The van der Waals surface area contributed by atoms with E-state index in [1.54, 1.807) is 0 Å². The Bertz CT molecular complexity index is 340. The minimum Gasteiger partial charge on any atom is -0.491 e. The van der Waals surface area contributed by atoms with Gasteiger partial charge in [-0.3, -0.25) is 0 Å². The van der Waals surface area contributed by atoms with Crippen LogP contribution in [0.2, 0.25) is 0 Å². The highest BCUT2D eigenvalue weighted by atomic mass is 16.5. The van der Waals surface area contributed by atoms with Crippen LogP contribution in [0.1, 0.15) is 43.7 Å². The number of aliphatic hydroxyl groups excluding tert-OH is 1. The van der Waals surface area contributed by atoms with Crippen molar-refractivity contribution in [2.24, 2.45) is 0 Å². The molecule has 82 valence electrons. The van der Waals surface area contributed by atoms with Crippen LogP contribution in [0.15, 0.2) is 18.2 Å². The van der Waals surface area contributed by atoms with Gasteiger partial charge in [0.2, 0.25) is 0 Å². The molecule has 0 atom stereocenters. The third kappa shape index (κ3) is 2.51. The van der Waals surface area contributed by atoms with Crippen LogP contribution in [0.5, 0.6) is 5.75 Å². The highest BCUT2D eigenvalue weighted by Crippen LogP contribution is 2.41. The van der Waals surface area contributed by atoms with Crippen molar-refractivity contribution in [3.8, 4) is 5.75 Å². The molecule has 1 aromatic rings. The smallest absolute Gasteiger partial charge is 0.125 e. The van der Waals surface area contributed by atoms with E-state index in [4.69, 9.17) is 4.74 Å². The Morgan fingerprint density at radius 2 is 2.13 bits per heavy atom. The van der Waals surface area contributed by atoms with Gasteiger partial charge in [-0.1, -0.05) is 6.07 Å². The molecule has 0 radical (unpaired) electrons. The van der Waals surface area contributed by atoms with Crippen LogP contribution in [-0.4, -0.2) is 11.2 Å². The molecule has 1 aromatic carbocycles. The van der Waals surface area contributed by atoms with Gasteiger partial charge in [-0.2, -0.15) is 0 Å². The van der Waals surface area contributed by atoms with Gasteiger partial charge in [-0.25, -0.2) is 0 Å². The summed E-state index contributed by atoms with van der Waals surface area (Å²) in [5, 5.41) is 9.28. The van der Waals surface area contributed by atoms with E-state index < -0.39 is 0 Å². The molecule has 0 saturated heterocycles. The van der Waals surface area contributed by atoms with Crippen LogP contribution in [-0.2, 0) is 6.61 Å². The van der Waals surface area contributed by atoms with Crippen molar-refractivity contribution in [3.63, 3.8) is 0 Å². The first-order valence-corrected chi connectivity index (χ1v) is 5.61. The molecular formula is C13H18O2. The second-order valence-electron chi connectivity index (χ2n) is 4.47. The molecule has 15 heavy (non-hydrogen) atoms. The van der Waals surface area contributed by atoms with Gasteiger partial charge in [0.25, 0.3) is 0 Å². The van der Waals surface area contributed by atoms with Gasteiger partial charge in [0.15, 0.2) is 0 Å². The van der Waals surface area contributed by atoms with Crippen LogP contribution in [0.3, 0.4) is 0 Å². The van der Waals surface area contributed by atoms with Gasteiger partial charge in [0, 0.05) is 5.56 Å². The molecule has 1 aliphatic rings. The molecule has 0 unspecified atom stereocenters. The van der Waals surface area contributed by atoms with Crippen LogP contribution in [0.4, 0.5) is 0 Å². The standard InChI is InChI=1S/C13H18O2/c1-9(2)15-13-6-5-11(10-3-4-10)7-12(13)8-14/h5-7,9-10,14H,3-4,8H2,1-2H3. The Morgan fingerprint density at radius 1 is 1.40 bits per heavy atom. The van der Waals surface area contributed by atoms with Gasteiger partial charge < -0.3 is 9.84 Å². The van der Waals surface area contributed by atoms with Gasteiger partial charge in [0.1, 0.15) is 5.75 Å². The first kappa shape index (κ1) is 10.5. The molecule has 1 aliphatic carbocycles. The predicted octanol–water partition coefficient (Wildman–Crippen LogP) is 2.84. The van der Waals surface area contributed by atoms with Gasteiger partial charge in [0.05, 0.1) is 12.7 Å². The third-order valence-electron chi connectivity index (χ3n) is 2.67. The fourth-order valence-electron chi connectivity index (χ4n) is 1.76. The van der Waals surface area contributed by atoms with E-state index in [0.717, 1.165) is 17.2 Å². The number of ether oxygens (including phenoxy) is 1. The van der Waals surface area contributed by atoms with Crippen molar-refractivity contribution in [3.05, 3.63) is 29.3 Å². The topological polar surface area (TPSA) is 29.5 Å². The highest BCUT2D eigenvalue weighted by molar-refractivity contribution is 5.39. The van der Waals surface area contributed by atoms with Gasteiger partial charge >= 0.3 is 0 Å². The zero-order valence-electron chi connectivity index (χ0n) is 9.36. The lowest BCUT2D eigenvalue weighted by Crippen LogP contribution is -2.07. The van der Waals surface area contributed by atoms with Crippen molar-refractivity contribution in [2.75, 3.05) is 0 Å². The fraction of sp³-hybridized carbons (Fsp3) is 0.538. The van der Waals surface area contributed by atoms with E-state index in [0.29, 0.717) is 0 Å². The summed E-state index contributed by atoms with van der Waals surface area (Å²) < 4.78 is 5.63. The molecule has 0 aromatic heterocycles. The largest absolute Gasteiger partial charge is 0.491 e. The zero-order chi connectivity index (χ0) is 10.8. The average Bonchev–Trinajstić information content (AvgIpc) is 3.01. The fourth-order valence-corrected chi connectivity index (χ4v) is 1.76. The summed E-state index contributed by atoms with van der Waals surface area (Å²) in [7, 11) is 0. The molecule has 1 N–H and O–H groups in total. The lowest BCUT2D eigenvalue weighted by molar-refractivity contribution is 0.225. The minimum absolute atomic E-state index is 0.0581. The van der Waals surface area contributed by atoms with E-state index in [-0.39, 0.29) is 12.7 Å². The Balaban J connectivity index is 2.22. The maximum Gasteiger partial charge on any atom is 0.125 e. The SMILES string of the molecule is CC(C)Oc1ccc(C2CC2)cc1CO. The van der Waals surface area contributed by atoms with E-state index in [1.807, 2.05) is 19.9 Å². The van der Waals surface area contributed by atoms with Crippen LogP contribution in [0.25, 0.3) is 0 Å². The maximum absolute atomic E-state index is 9.28. The summed E-state index contributed by atoms with van der Waals surface area (Å²) in [4.78, 5) is 0. The van der Waals surface area contributed by atoms with Crippen LogP contribution in [0, 0.1) is 0 Å². The van der Waals surface area contributed by atoms with Crippen molar-refractivity contribution >= 4 is 0 Å². The molecule has 0 aliphatic heterocycles. The van der Waals surface area contributed by atoms with Gasteiger partial charge in [-0.15, -0.1) is 0 Å². The summed E-state index contributed by atoms with van der Waals surface area (Å²) in [6, 6.07) is 6.18. The Hall–Kier alpha value is -1.02. The van der Waals surface area contributed by atoms with Crippen LogP contribution >= 0.6 is 0 Å². The summed E-state index contributed by atoms with van der Waals surface area (Å²) >= 11 is 0. The maximum atomic E-state index is 9.28. The molecule has 1 fully saturated rings. The van der Waals surface area contributed by atoms with Gasteiger partial charge in [-0.05, 0) is 50.3 Å². The Labute approximate surface area is 90.9 Å². The average molecular weight is 206 g/mol. The highest BCUT2D eigenvalue weighted by Gasteiger charge is 2.24. The van der Waals surface area contributed by atoms with E-state index in [2.05, 4.69) is 12.1 Å². The normalized spacial score (nSPS) is 15.7. The van der Waals surface area contributed by atoms with E-state index in [9.17, 15) is 5.11 Å². The number of hydrogen-bond donors (Lipinski definition) is 1. The zero-order valence-corrected chi connectivity index (χ0v) is 9.36. The molecule has 0 spiro atoms. The summed E-state index contributed by atoms with van der Waals surface area (Å²) in [6.07, 6.45) is 2.73. The van der Waals surface area contributed by atoms with E-state index >= 15 is 0 Å². The molecule has 1 saturated carbocycles. The monoisotopic (exact) mass is 206 g/mol. The third-order valence-corrected chi connectivity index (χ3v) is 2.67. The number of aliphatic hydroxyl groups is 1. The molecule has 2 rings (SSSR count). The van der Waals surface area contributed by atoms with Crippen molar-refractivity contribution in [1.29, 1.82) is 0 Å². The van der Waals surface area contributed by atoms with E-state index in [1.165, 1.54) is 18.4 Å². The number of hydrogen-bond acceptors (Lipinski definition) is 2. The first-order valence-electron chi connectivity index (χ1n) is 5.61. The molecule has 2 nitrogen and oxygen atoms in total. The molecule has 0 amide bonds. The van der Waals surface area contributed by atoms with Crippen molar-refractivity contribution in [1.82, 2.24) is 0 Å². The number of benzene rings is 1. The summed E-state index contributed by atoms with van der Waals surface area (Å²) in [5.41, 5.74) is 2.25. The second kappa shape index (κ2) is 4.23. The second-order valence-corrected chi connectivity index (χ2v) is 4.47. The molecule has 0 heterocycles. The molecule has 0 bridgehead atoms.